The molecule has 4 heterocycles. The van der Waals surface area contributed by atoms with Gasteiger partial charge in [-0.15, -0.1) is 0 Å². The van der Waals surface area contributed by atoms with Crippen LogP contribution in [0.2, 0.25) is 5.02 Å². The second-order valence-electron chi connectivity index (χ2n) is 15.7. The number of likely N-dealkylation sites (tertiary alicyclic amines) is 3. The van der Waals surface area contributed by atoms with Crippen LogP contribution in [0.5, 0.6) is 0 Å². The molecule has 314 valence electrons. The Morgan fingerprint density at radius 1 is 0.965 bits per heavy atom. The van der Waals surface area contributed by atoms with E-state index in [4.69, 9.17) is 26.8 Å². The van der Waals surface area contributed by atoms with Gasteiger partial charge in [0.05, 0.1) is 22.3 Å². The molecular formula is C41H56ClF3N6O6. The number of anilines is 2. The van der Waals surface area contributed by atoms with Crippen LogP contribution in [-0.4, -0.2) is 119 Å². The lowest BCUT2D eigenvalue weighted by Crippen LogP contribution is -2.54. The highest BCUT2D eigenvalue weighted by atomic mass is 35.5. The number of aliphatic hydroxyl groups excluding tert-OH is 1. The Bertz CT molecular complexity index is 1700. The molecule has 2 aromatic rings. The van der Waals surface area contributed by atoms with Crippen molar-refractivity contribution in [1.82, 2.24) is 19.6 Å². The van der Waals surface area contributed by atoms with E-state index in [2.05, 4.69) is 17.1 Å². The van der Waals surface area contributed by atoms with Gasteiger partial charge in [0, 0.05) is 63.5 Å². The molecule has 0 spiro atoms. The van der Waals surface area contributed by atoms with Crippen LogP contribution in [0, 0.1) is 0 Å². The Balaban J connectivity index is 1.09. The lowest BCUT2D eigenvalue weighted by Gasteiger charge is -2.41. The van der Waals surface area contributed by atoms with Crippen molar-refractivity contribution in [3.63, 3.8) is 0 Å². The summed E-state index contributed by atoms with van der Waals surface area (Å²) in [6.07, 6.45) is 0.639. The number of hydrogen-bond donors (Lipinski definition) is 3. The summed E-state index contributed by atoms with van der Waals surface area (Å²) in [5.74, 6) is -0.507. The number of halogens is 4. The molecule has 57 heavy (non-hydrogen) atoms. The molecule has 2 aromatic carbocycles. The van der Waals surface area contributed by atoms with Crippen molar-refractivity contribution in [2.45, 2.75) is 121 Å². The van der Waals surface area contributed by atoms with Crippen LogP contribution < -0.4 is 11.1 Å². The van der Waals surface area contributed by atoms with Gasteiger partial charge in [0.25, 0.3) is 5.91 Å². The van der Waals surface area contributed by atoms with Crippen LogP contribution >= 0.6 is 11.6 Å². The van der Waals surface area contributed by atoms with E-state index in [1.807, 2.05) is 24.3 Å². The van der Waals surface area contributed by atoms with Gasteiger partial charge in [-0.1, -0.05) is 56.0 Å². The number of para-hydroxylation sites is 1. The number of rotatable bonds is 13. The third-order valence-electron chi connectivity index (χ3n) is 11.9. The number of benzene rings is 2. The van der Waals surface area contributed by atoms with Gasteiger partial charge in [-0.25, -0.2) is 9.59 Å². The van der Waals surface area contributed by atoms with E-state index >= 15 is 0 Å². The van der Waals surface area contributed by atoms with E-state index < -0.39 is 41.8 Å². The van der Waals surface area contributed by atoms with Crippen molar-refractivity contribution < 1.29 is 42.1 Å². The van der Waals surface area contributed by atoms with Crippen LogP contribution in [0.15, 0.2) is 36.4 Å². The monoisotopic (exact) mass is 820 g/mol. The van der Waals surface area contributed by atoms with Gasteiger partial charge in [0.1, 0.15) is 0 Å². The number of nitrogens with zero attached hydrogens (tertiary/aromatic N) is 4. The smallest absolute Gasteiger partial charge is 0.418 e. The summed E-state index contributed by atoms with van der Waals surface area (Å²) in [6.45, 7) is 5.22. The van der Waals surface area contributed by atoms with Crippen LogP contribution in [0.3, 0.4) is 0 Å². The minimum absolute atomic E-state index is 0.0537. The fourth-order valence-electron chi connectivity index (χ4n) is 8.75. The van der Waals surface area contributed by atoms with Crippen molar-refractivity contribution in [2.24, 2.45) is 0 Å². The molecule has 0 saturated carbocycles. The first kappa shape index (κ1) is 42.8. The molecule has 4 amide bonds. The molecule has 4 aliphatic rings. The molecule has 4 aliphatic heterocycles. The Morgan fingerprint density at radius 2 is 1.67 bits per heavy atom. The minimum Gasteiger partial charge on any atom is -0.436 e. The second kappa shape index (κ2) is 19.3. The van der Waals surface area contributed by atoms with Crippen molar-refractivity contribution in [3.8, 4) is 0 Å². The van der Waals surface area contributed by atoms with Crippen LogP contribution in [0.25, 0.3) is 0 Å². The fourth-order valence-corrected chi connectivity index (χ4v) is 9.00. The minimum atomic E-state index is -4.79. The Labute approximate surface area is 337 Å². The Morgan fingerprint density at radius 3 is 2.39 bits per heavy atom. The van der Waals surface area contributed by atoms with Gasteiger partial charge in [-0.3, -0.25) is 9.69 Å². The molecule has 12 nitrogen and oxygen atoms in total. The zero-order valence-corrected chi connectivity index (χ0v) is 33.4. The normalized spacial score (nSPS) is 21.2. The number of aliphatic hydroxyl groups is 1. The maximum atomic E-state index is 14.2. The predicted octanol–water partition coefficient (Wildman–Crippen LogP) is 6.91. The molecule has 3 saturated heterocycles. The molecule has 1 unspecified atom stereocenters. The number of fused-ring (bicyclic) bond motifs is 1. The van der Waals surface area contributed by atoms with Crippen molar-refractivity contribution in [1.29, 1.82) is 0 Å². The second-order valence-corrected chi connectivity index (χ2v) is 16.1. The quantitative estimate of drug-likeness (QED) is 0.113. The number of hydrogen-bond acceptors (Lipinski definition) is 8. The largest absolute Gasteiger partial charge is 0.436 e. The van der Waals surface area contributed by atoms with Gasteiger partial charge in [-0.2, -0.15) is 13.2 Å². The number of unbranched alkanes of at least 4 members (excludes halogenated alkanes) is 3. The van der Waals surface area contributed by atoms with Crippen LogP contribution in [0.1, 0.15) is 87.8 Å². The summed E-state index contributed by atoms with van der Waals surface area (Å²) in [7, 11) is 0. The standard InChI is InChI=1S/C41H56ClF3N6O6/c1-2-3-4-7-23-56-38(53)34-11-8-17-50(34)29-13-18-48(19-14-29)37(52)35(26-27-24-31(41(43,44)45)36(46)32(42)25-27)57-40(55)49-20-15-30(16-21-49)51-22-12-28-9-5-6-10-33(28)47-39(51)54/h5-6,9-10,24-25,29-30,34-35,38,53H,2-4,7-8,11-23,26,46H2,1H3,(H,47,54)/t34-,35+,38?/m0/s1. The lowest BCUT2D eigenvalue weighted by atomic mass is 9.99. The van der Waals surface area contributed by atoms with Crippen molar-refractivity contribution >= 4 is 41.0 Å². The summed E-state index contributed by atoms with van der Waals surface area (Å²) in [5.41, 5.74) is 5.83. The summed E-state index contributed by atoms with van der Waals surface area (Å²) < 4.78 is 53.5. The number of nitrogens with two attached hydrogens (primary N) is 1. The zero-order chi connectivity index (χ0) is 40.7. The van der Waals surface area contributed by atoms with Crippen molar-refractivity contribution in [3.05, 3.63) is 58.1 Å². The van der Waals surface area contributed by atoms with Gasteiger partial charge in [-0.05, 0) is 87.2 Å². The summed E-state index contributed by atoms with van der Waals surface area (Å²) >= 11 is 6.15. The average molecular weight is 821 g/mol. The van der Waals surface area contributed by atoms with Crippen LogP contribution in [-0.2, 0) is 33.3 Å². The van der Waals surface area contributed by atoms with E-state index in [-0.39, 0.29) is 54.3 Å². The van der Waals surface area contributed by atoms with E-state index in [9.17, 15) is 32.7 Å². The number of urea groups is 1. The highest BCUT2D eigenvalue weighted by Gasteiger charge is 2.41. The zero-order valence-electron chi connectivity index (χ0n) is 32.7. The number of piperidine rings is 2. The lowest BCUT2D eigenvalue weighted by molar-refractivity contribution is -0.149. The third kappa shape index (κ3) is 10.6. The highest BCUT2D eigenvalue weighted by molar-refractivity contribution is 6.33. The van der Waals surface area contributed by atoms with Gasteiger partial charge < -0.3 is 40.3 Å². The Hall–Kier alpha value is -3.79. The first-order valence-corrected chi connectivity index (χ1v) is 20.8. The molecule has 0 bridgehead atoms. The fraction of sp³-hybridized carbons (Fsp3) is 0.634. The number of carbonyl (C=O) groups is 3. The maximum absolute atomic E-state index is 14.2. The molecule has 3 atom stereocenters. The van der Waals surface area contributed by atoms with Crippen LogP contribution in [0.4, 0.5) is 34.1 Å². The molecular weight excluding hydrogens is 765 g/mol. The van der Waals surface area contributed by atoms with Crippen molar-refractivity contribution in [2.75, 3.05) is 56.9 Å². The number of nitrogens with one attached hydrogen (secondary N) is 1. The highest BCUT2D eigenvalue weighted by Crippen LogP contribution is 2.38. The molecule has 16 heteroatoms. The molecule has 3 fully saturated rings. The number of alkyl halides is 3. The van der Waals surface area contributed by atoms with E-state index in [1.54, 1.807) is 9.80 Å². The summed E-state index contributed by atoms with van der Waals surface area (Å²) in [6, 6.07) is 9.45. The van der Waals surface area contributed by atoms with Gasteiger partial charge in [0.15, 0.2) is 12.4 Å². The van der Waals surface area contributed by atoms with Gasteiger partial charge >= 0.3 is 18.3 Å². The van der Waals surface area contributed by atoms with E-state index in [1.165, 1.54) is 11.0 Å². The number of carbonyl (C=O) groups excluding carboxylic acids is 3. The molecule has 0 radical (unpaired) electrons. The number of amides is 4. The summed E-state index contributed by atoms with van der Waals surface area (Å²) in [5, 5.41) is 13.6. The topological polar surface area (TPSA) is 141 Å². The summed E-state index contributed by atoms with van der Waals surface area (Å²) in [4.78, 5) is 48.2. The molecule has 0 aromatic heterocycles. The van der Waals surface area contributed by atoms with E-state index in [0.717, 1.165) is 62.4 Å². The number of ether oxygens (including phenoxy) is 2. The average Bonchev–Trinajstić information content (AvgIpc) is 3.63. The van der Waals surface area contributed by atoms with E-state index in [0.29, 0.717) is 58.3 Å². The Kier molecular flexibility index (Phi) is 14.5. The first-order chi connectivity index (χ1) is 27.3. The maximum Gasteiger partial charge on any atom is 0.418 e. The predicted molar refractivity (Wildman–Crippen MR) is 211 cm³/mol. The number of nitrogen functional groups attached to an aromatic ring is 1. The van der Waals surface area contributed by atoms with Gasteiger partial charge in [0.2, 0.25) is 0 Å². The first-order valence-electron chi connectivity index (χ1n) is 20.4. The molecule has 0 aliphatic carbocycles. The molecule has 4 N–H and O–H groups in total. The molecule has 6 rings (SSSR count). The third-order valence-corrected chi connectivity index (χ3v) is 12.3. The SMILES string of the molecule is CCCCCCOC(O)[C@@H]1CCCN1C1CCN(C(=O)[C@@H](Cc2cc(Cl)c(N)c(C(F)(F)F)c2)OC(=O)N2CCC(N3CCc4ccccc4NC3=O)CC2)CC1.